The van der Waals surface area contributed by atoms with Crippen molar-refractivity contribution in [3.8, 4) is 6.07 Å². The van der Waals surface area contributed by atoms with E-state index in [1.165, 1.54) is 0 Å². The average Bonchev–Trinajstić information content (AvgIpc) is 2.58. The normalized spacial score (nSPS) is 10.2. The molecule has 1 heterocycles. The van der Waals surface area contributed by atoms with Gasteiger partial charge in [0, 0.05) is 26.0 Å². The lowest BCUT2D eigenvalue weighted by atomic mass is 10.2. The third-order valence-electron chi connectivity index (χ3n) is 2.32. The number of rotatable bonds is 7. The van der Waals surface area contributed by atoms with Crippen molar-refractivity contribution in [2.45, 2.75) is 13.3 Å². The first kappa shape index (κ1) is 13.9. The van der Waals surface area contributed by atoms with E-state index in [0.717, 1.165) is 36.0 Å². The van der Waals surface area contributed by atoms with Gasteiger partial charge in [0.25, 0.3) is 0 Å². The molecule has 0 aliphatic carbocycles. The molecule has 0 amide bonds. The predicted octanol–water partition coefficient (Wildman–Crippen LogP) is 1.13. The van der Waals surface area contributed by atoms with Gasteiger partial charge >= 0.3 is 0 Å². The van der Waals surface area contributed by atoms with E-state index in [0.29, 0.717) is 5.56 Å². The van der Waals surface area contributed by atoms with E-state index in [4.69, 9.17) is 10.4 Å². The van der Waals surface area contributed by atoms with Crippen molar-refractivity contribution in [2.24, 2.45) is 7.05 Å². The van der Waals surface area contributed by atoms with Gasteiger partial charge in [-0.2, -0.15) is 22.1 Å². The fourth-order valence-electron chi connectivity index (χ4n) is 1.51. The number of nitriles is 1. The largest absolute Gasteiger partial charge is 0.396 e. The van der Waals surface area contributed by atoms with E-state index < -0.39 is 0 Å². The number of aryl methyl sites for hydroxylation is 2. The molecule has 6 heteroatoms. The zero-order valence-electron chi connectivity index (χ0n) is 10.2. The van der Waals surface area contributed by atoms with E-state index in [1.54, 1.807) is 16.4 Å². The molecule has 1 aromatic rings. The summed E-state index contributed by atoms with van der Waals surface area (Å²) in [6.07, 6.45) is 0.832. The van der Waals surface area contributed by atoms with Crippen LogP contribution in [-0.2, 0) is 7.05 Å². The maximum Gasteiger partial charge on any atom is 0.142 e. The Bertz CT molecular complexity index is 397. The zero-order valence-corrected chi connectivity index (χ0v) is 11.0. The smallest absolute Gasteiger partial charge is 0.142 e. The Morgan fingerprint density at radius 2 is 2.29 bits per heavy atom. The monoisotopic (exact) mass is 254 g/mol. The second-order valence-electron chi connectivity index (χ2n) is 3.66. The van der Waals surface area contributed by atoms with Gasteiger partial charge in [-0.25, -0.2) is 0 Å². The van der Waals surface area contributed by atoms with Crippen molar-refractivity contribution in [3.05, 3.63) is 11.3 Å². The second kappa shape index (κ2) is 7.20. The zero-order chi connectivity index (χ0) is 12.7. The number of aliphatic hydroxyl groups excluding tert-OH is 1. The van der Waals surface area contributed by atoms with Gasteiger partial charge in [0.1, 0.15) is 17.5 Å². The minimum atomic E-state index is 0.250. The van der Waals surface area contributed by atoms with Crippen molar-refractivity contribution >= 4 is 17.6 Å². The van der Waals surface area contributed by atoms with E-state index in [-0.39, 0.29) is 6.61 Å². The minimum Gasteiger partial charge on any atom is -0.396 e. The molecule has 0 radical (unpaired) electrons. The fraction of sp³-hybridized carbons (Fsp3) is 0.636. The quantitative estimate of drug-likeness (QED) is 0.713. The van der Waals surface area contributed by atoms with Gasteiger partial charge in [-0.3, -0.25) is 4.68 Å². The first-order valence-electron chi connectivity index (χ1n) is 5.57. The van der Waals surface area contributed by atoms with Crippen LogP contribution in [-0.4, -0.2) is 39.5 Å². The van der Waals surface area contributed by atoms with Gasteiger partial charge in [0.15, 0.2) is 0 Å². The number of nitrogens with one attached hydrogen (secondary N) is 1. The maximum atomic E-state index is 9.01. The minimum absolute atomic E-state index is 0.250. The Kier molecular flexibility index (Phi) is 5.87. The van der Waals surface area contributed by atoms with Crippen LogP contribution >= 0.6 is 11.8 Å². The highest BCUT2D eigenvalue weighted by atomic mass is 32.2. The molecule has 0 atom stereocenters. The first-order valence-corrected chi connectivity index (χ1v) is 6.72. The summed E-state index contributed by atoms with van der Waals surface area (Å²) < 4.78 is 1.70. The molecule has 2 N–H and O–H groups in total. The molecule has 0 aromatic carbocycles. The summed E-state index contributed by atoms with van der Waals surface area (Å²) in [5, 5.41) is 25.1. The lowest BCUT2D eigenvalue weighted by Crippen LogP contribution is -2.09. The molecule has 0 unspecified atom stereocenters. The summed E-state index contributed by atoms with van der Waals surface area (Å²) in [5.74, 6) is 2.70. The standard InChI is InChI=1S/C11H18N4OS/c1-9-10(8-12)11(15(2)14-9)13-4-7-17-6-3-5-16/h13,16H,3-7H2,1-2H3. The van der Waals surface area contributed by atoms with Crippen LogP contribution < -0.4 is 5.32 Å². The van der Waals surface area contributed by atoms with Crippen molar-refractivity contribution in [1.82, 2.24) is 9.78 Å². The Morgan fingerprint density at radius 1 is 1.53 bits per heavy atom. The number of anilines is 1. The molecule has 0 fully saturated rings. The van der Waals surface area contributed by atoms with E-state index in [1.807, 2.05) is 14.0 Å². The average molecular weight is 254 g/mol. The summed E-state index contributed by atoms with van der Waals surface area (Å²) in [7, 11) is 1.83. The Hall–Kier alpha value is -1.19. The highest BCUT2D eigenvalue weighted by molar-refractivity contribution is 7.99. The fourth-order valence-corrected chi connectivity index (χ4v) is 2.29. The van der Waals surface area contributed by atoms with Crippen LogP contribution in [0, 0.1) is 18.3 Å². The molecule has 0 saturated carbocycles. The van der Waals surface area contributed by atoms with Crippen molar-refractivity contribution < 1.29 is 5.11 Å². The number of aliphatic hydroxyl groups is 1. The summed E-state index contributed by atoms with van der Waals surface area (Å²) in [4.78, 5) is 0. The Morgan fingerprint density at radius 3 is 2.94 bits per heavy atom. The number of hydrogen-bond donors (Lipinski definition) is 2. The number of hydrogen-bond acceptors (Lipinski definition) is 5. The van der Waals surface area contributed by atoms with E-state index in [2.05, 4.69) is 16.5 Å². The Labute approximate surface area is 106 Å². The molecule has 0 saturated heterocycles. The SMILES string of the molecule is Cc1nn(C)c(NCCSCCCO)c1C#N. The van der Waals surface area contributed by atoms with Gasteiger partial charge in [0.2, 0.25) is 0 Å². The van der Waals surface area contributed by atoms with Crippen LogP contribution in [0.25, 0.3) is 0 Å². The molecule has 0 bridgehead atoms. The molecule has 17 heavy (non-hydrogen) atoms. The summed E-state index contributed by atoms with van der Waals surface area (Å²) in [5.41, 5.74) is 1.37. The molecule has 1 aromatic heterocycles. The number of aromatic nitrogens is 2. The summed E-state index contributed by atoms with van der Waals surface area (Å²) in [6.45, 7) is 2.88. The van der Waals surface area contributed by atoms with Gasteiger partial charge in [0.05, 0.1) is 5.69 Å². The van der Waals surface area contributed by atoms with Crippen molar-refractivity contribution in [2.75, 3.05) is 30.0 Å². The van der Waals surface area contributed by atoms with Gasteiger partial charge < -0.3 is 10.4 Å². The molecule has 0 aliphatic rings. The molecule has 5 nitrogen and oxygen atoms in total. The molecular weight excluding hydrogens is 236 g/mol. The number of nitrogens with zero attached hydrogens (tertiary/aromatic N) is 3. The van der Waals surface area contributed by atoms with Crippen LogP contribution in [0.4, 0.5) is 5.82 Å². The molecule has 0 spiro atoms. The third kappa shape index (κ3) is 3.95. The van der Waals surface area contributed by atoms with E-state index >= 15 is 0 Å². The summed E-state index contributed by atoms with van der Waals surface area (Å²) >= 11 is 1.79. The number of thioether (sulfide) groups is 1. The lowest BCUT2D eigenvalue weighted by molar-refractivity contribution is 0.296. The highest BCUT2D eigenvalue weighted by Crippen LogP contribution is 2.17. The van der Waals surface area contributed by atoms with Crippen LogP contribution in [0.15, 0.2) is 0 Å². The van der Waals surface area contributed by atoms with Crippen molar-refractivity contribution in [1.29, 1.82) is 5.26 Å². The summed E-state index contributed by atoms with van der Waals surface area (Å²) in [6, 6.07) is 2.16. The highest BCUT2D eigenvalue weighted by Gasteiger charge is 2.11. The van der Waals surface area contributed by atoms with Crippen LogP contribution in [0.2, 0.25) is 0 Å². The topological polar surface area (TPSA) is 73.9 Å². The molecule has 94 valence electrons. The van der Waals surface area contributed by atoms with Gasteiger partial charge in [-0.1, -0.05) is 0 Å². The maximum absolute atomic E-state index is 9.01. The van der Waals surface area contributed by atoms with E-state index in [9.17, 15) is 0 Å². The second-order valence-corrected chi connectivity index (χ2v) is 4.89. The molecular formula is C11H18N4OS. The van der Waals surface area contributed by atoms with Crippen LogP contribution in [0.5, 0.6) is 0 Å². The van der Waals surface area contributed by atoms with Crippen LogP contribution in [0.3, 0.4) is 0 Å². The van der Waals surface area contributed by atoms with Crippen molar-refractivity contribution in [3.63, 3.8) is 0 Å². The first-order chi connectivity index (χ1) is 8.20. The van der Waals surface area contributed by atoms with Gasteiger partial charge in [-0.05, 0) is 19.1 Å². The molecule has 0 aliphatic heterocycles. The third-order valence-corrected chi connectivity index (χ3v) is 3.39. The van der Waals surface area contributed by atoms with Crippen LogP contribution in [0.1, 0.15) is 17.7 Å². The van der Waals surface area contributed by atoms with Gasteiger partial charge in [-0.15, -0.1) is 0 Å². The predicted molar refractivity (Wildman–Crippen MR) is 70.2 cm³/mol. The lowest BCUT2D eigenvalue weighted by Gasteiger charge is -2.06. The Balaban J connectivity index is 2.39. The molecule has 1 rings (SSSR count).